The SMILES string of the molecule is Cc1nc(-c2ccc(NC(=O)C(=O)c3c(C)nn(-c4cccc(C(F)(F)F)c4)c3C)cc2)n[nH]1. The van der Waals surface area contributed by atoms with Crippen molar-refractivity contribution in [3.63, 3.8) is 0 Å². The molecule has 0 saturated carbocycles. The largest absolute Gasteiger partial charge is 0.416 e. The number of carbonyl (C=O) groups is 2. The average Bonchev–Trinajstić information content (AvgIpc) is 3.35. The lowest BCUT2D eigenvalue weighted by atomic mass is 10.1. The summed E-state index contributed by atoms with van der Waals surface area (Å²) in [5.41, 5.74) is 0.914. The summed E-state index contributed by atoms with van der Waals surface area (Å²) in [4.78, 5) is 29.7. The average molecular weight is 468 g/mol. The Morgan fingerprint density at radius 2 is 1.74 bits per heavy atom. The predicted octanol–water partition coefficient (Wildman–Crippen LogP) is 4.42. The fourth-order valence-electron chi connectivity index (χ4n) is 3.51. The molecule has 0 spiro atoms. The zero-order chi connectivity index (χ0) is 24.6. The van der Waals surface area contributed by atoms with Crippen molar-refractivity contribution in [1.29, 1.82) is 0 Å². The smallest absolute Gasteiger partial charge is 0.319 e. The topological polar surface area (TPSA) is 106 Å². The first-order valence-electron chi connectivity index (χ1n) is 10.1. The van der Waals surface area contributed by atoms with Gasteiger partial charge in [0, 0.05) is 11.3 Å². The van der Waals surface area contributed by atoms with E-state index in [9.17, 15) is 22.8 Å². The van der Waals surface area contributed by atoms with Gasteiger partial charge in [0.15, 0.2) is 5.82 Å². The molecular weight excluding hydrogens is 449 g/mol. The minimum Gasteiger partial charge on any atom is -0.319 e. The third kappa shape index (κ3) is 4.45. The second kappa shape index (κ2) is 8.58. The number of anilines is 1. The summed E-state index contributed by atoms with van der Waals surface area (Å²) in [6, 6.07) is 11.2. The number of H-pyrrole nitrogens is 1. The van der Waals surface area contributed by atoms with Crippen LogP contribution in [0.15, 0.2) is 48.5 Å². The van der Waals surface area contributed by atoms with Gasteiger partial charge in [-0.2, -0.15) is 23.4 Å². The lowest BCUT2D eigenvalue weighted by Crippen LogP contribution is -2.24. The van der Waals surface area contributed by atoms with Gasteiger partial charge < -0.3 is 5.32 Å². The molecule has 1 amide bonds. The number of aryl methyl sites for hydroxylation is 2. The number of carbonyl (C=O) groups excluding carboxylic acids is 2. The molecule has 4 aromatic rings. The molecule has 2 N–H and O–H groups in total. The number of aromatic amines is 1. The van der Waals surface area contributed by atoms with Crippen molar-refractivity contribution in [2.45, 2.75) is 26.9 Å². The van der Waals surface area contributed by atoms with E-state index in [1.54, 1.807) is 31.2 Å². The molecule has 0 aliphatic heterocycles. The van der Waals surface area contributed by atoms with Crippen molar-refractivity contribution < 1.29 is 22.8 Å². The van der Waals surface area contributed by atoms with E-state index in [1.165, 1.54) is 30.7 Å². The number of Topliss-reactive ketones (excluding diaryl/α,β-unsaturated/α-hetero) is 1. The second-order valence-corrected chi connectivity index (χ2v) is 7.61. The standard InChI is InChI=1S/C23H19F3N6O2/c1-12-19(13(2)32(31-12)18-6-4-5-16(11-18)23(24,25)26)20(33)22(34)28-17-9-7-15(8-10-17)21-27-14(3)29-30-21/h4-11H,1-3H3,(H,28,34)(H,27,29,30). The van der Waals surface area contributed by atoms with Crippen LogP contribution >= 0.6 is 0 Å². The fourth-order valence-corrected chi connectivity index (χ4v) is 3.51. The van der Waals surface area contributed by atoms with Crippen LogP contribution in [-0.2, 0) is 11.0 Å². The van der Waals surface area contributed by atoms with Gasteiger partial charge in [-0.3, -0.25) is 14.7 Å². The highest BCUT2D eigenvalue weighted by molar-refractivity contribution is 6.47. The van der Waals surface area contributed by atoms with Gasteiger partial charge in [0.05, 0.1) is 28.2 Å². The van der Waals surface area contributed by atoms with Crippen LogP contribution in [0.2, 0.25) is 0 Å². The van der Waals surface area contributed by atoms with E-state index < -0.39 is 23.4 Å². The maximum Gasteiger partial charge on any atom is 0.416 e. The number of aromatic nitrogens is 5. The number of hydrogen-bond donors (Lipinski definition) is 2. The molecule has 2 aromatic carbocycles. The number of rotatable bonds is 5. The second-order valence-electron chi connectivity index (χ2n) is 7.61. The van der Waals surface area contributed by atoms with E-state index in [2.05, 4.69) is 25.6 Å². The Labute approximate surface area is 191 Å². The molecule has 11 heteroatoms. The van der Waals surface area contributed by atoms with Crippen molar-refractivity contribution in [1.82, 2.24) is 25.0 Å². The number of amides is 1. The quantitative estimate of drug-likeness (QED) is 0.333. The van der Waals surface area contributed by atoms with E-state index in [-0.39, 0.29) is 22.6 Å². The lowest BCUT2D eigenvalue weighted by Gasteiger charge is -2.10. The first kappa shape index (κ1) is 22.9. The van der Waals surface area contributed by atoms with Gasteiger partial charge in [-0.05, 0) is 63.2 Å². The number of halogens is 3. The Balaban J connectivity index is 1.55. The van der Waals surface area contributed by atoms with Crippen molar-refractivity contribution in [2.24, 2.45) is 0 Å². The van der Waals surface area contributed by atoms with Crippen LogP contribution in [0.25, 0.3) is 17.1 Å². The number of nitrogens with one attached hydrogen (secondary N) is 2. The molecule has 0 bridgehead atoms. The Hall–Kier alpha value is -4.28. The highest BCUT2D eigenvalue weighted by atomic mass is 19.4. The van der Waals surface area contributed by atoms with Crippen LogP contribution in [0.3, 0.4) is 0 Å². The number of ketones is 1. The Morgan fingerprint density at radius 1 is 1.03 bits per heavy atom. The van der Waals surface area contributed by atoms with E-state index >= 15 is 0 Å². The molecule has 8 nitrogen and oxygen atoms in total. The molecule has 4 rings (SSSR count). The van der Waals surface area contributed by atoms with Crippen LogP contribution in [0.5, 0.6) is 0 Å². The summed E-state index contributed by atoms with van der Waals surface area (Å²) in [7, 11) is 0. The molecular formula is C23H19F3N6O2. The number of hydrogen-bond acceptors (Lipinski definition) is 5. The summed E-state index contributed by atoms with van der Waals surface area (Å²) < 4.78 is 40.5. The van der Waals surface area contributed by atoms with Crippen LogP contribution < -0.4 is 5.32 Å². The van der Waals surface area contributed by atoms with Crippen molar-refractivity contribution in [3.05, 3.63) is 76.9 Å². The Kier molecular flexibility index (Phi) is 5.78. The van der Waals surface area contributed by atoms with Gasteiger partial charge in [0.2, 0.25) is 0 Å². The highest BCUT2D eigenvalue weighted by Crippen LogP contribution is 2.31. The molecule has 0 aliphatic carbocycles. The number of benzene rings is 2. The molecule has 0 fully saturated rings. The zero-order valence-corrected chi connectivity index (χ0v) is 18.4. The molecule has 174 valence electrons. The van der Waals surface area contributed by atoms with Crippen LogP contribution in [-0.4, -0.2) is 36.7 Å². The van der Waals surface area contributed by atoms with Gasteiger partial charge in [-0.1, -0.05) is 6.07 Å². The zero-order valence-electron chi connectivity index (χ0n) is 18.4. The van der Waals surface area contributed by atoms with E-state index in [0.717, 1.165) is 17.7 Å². The third-order valence-electron chi connectivity index (χ3n) is 5.14. The number of alkyl halides is 3. The molecule has 0 aliphatic rings. The van der Waals surface area contributed by atoms with E-state index in [1.807, 2.05) is 0 Å². The van der Waals surface area contributed by atoms with Crippen molar-refractivity contribution in [2.75, 3.05) is 5.32 Å². The van der Waals surface area contributed by atoms with Crippen LogP contribution in [0, 0.1) is 20.8 Å². The lowest BCUT2D eigenvalue weighted by molar-refractivity contribution is -0.137. The molecule has 0 saturated heterocycles. The summed E-state index contributed by atoms with van der Waals surface area (Å²) in [6.07, 6.45) is -4.52. The number of nitrogens with zero attached hydrogens (tertiary/aromatic N) is 4. The molecule has 34 heavy (non-hydrogen) atoms. The summed E-state index contributed by atoms with van der Waals surface area (Å²) in [5, 5.41) is 13.5. The molecule has 0 radical (unpaired) electrons. The molecule has 2 aromatic heterocycles. The first-order valence-corrected chi connectivity index (χ1v) is 10.1. The van der Waals surface area contributed by atoms with Gasteiger partial charge in [0.1, 0.15) is 5.82 Å². The van der Waals surface area contributed by atoms with Gasteiger partial charge in [0.25, 0.3) is 11.7 Å². The van der Waals surface area contributed by atoms with Gasteiger partial charge >= 0.3 is 6.18 Å². The monoisotopic (exact) mass is 468 g/mol. The Bertz CT molecular complexity index is 1390. The van der Waals surface area contributed by atoms with Crippen molar-refractivity contribution >= 4 is 17.4 Å². The third-order valence-corrected chi connectivity index (χ3v) is 5.14. The fraction of sp³-hybridized carbons (Fsp3) is 0.174. The predicted molar refractivity (Wildman–Crippen MR) is 118 cm³/mol. The summed E-state index contributed by atoms with van der Waals surface area (Å²) in [6.45, 7) is 4.82. The van der Waals surface area contributed by atoms with E-state index in [0.29, 0.717) is 17.3 Å². The van der Waals surface area contributed by atoms with E-state index in [4.69, 9.17) is 0 Å². The maximum atomic E-state index is 13.1. The van der Waals surface area contributed by atoms with Gasteiger partial charge in [-0.25, -0.2) is 9.67 Å². The summed E-state index contributed by atoms with van der Waals surface area (Å²) >= 11 is 0. The normalized spacial score (nSPS) is 11.5. The molecule has 2 heterocycles. The molecule has 0 unspecified atom stereocenters. The first-order chi connectivity index (χ1) is 16.0. The summed E-state index contributed by atoms with van der Waals surface area (Å²) in [5.74, 6) is -0.577. The molecule has 0 atom stereocenters. The Morgan fingerprint density at radius 3 is 2.35 bits per heavy atom. The minimum absolute atomic E-state index is 0.0303. The highest BCUT2D eigenvalue weighted by Gasteiger charge is 2.31. The maximum absolute atomic E-state index is 13.1. The van der Waals surface area contributed by atoms with Crippen molar-refractivity contribution in [3.8, 4) is 17.1 Å². The van der Waals surface area contributed by atoms with Crippen LogP contribution in [0.4, 0.5) is 18.9 Å². The van der Waals surface area contributed by atoms with Crippen LogP contribution in [0.1, 0.15) is 33.1 Å². The minimum atomic E-state index is -4.52. The van der Waals surface area contributed by atoms with Gasteiger partial charge in [-0.15, -0.1) is 0 Å².